The summed E-state index contributed by atoms with van der Waals surface area (Å²) >= 11 is 0. The molecule has 0 aliphatic heterocycles. The highest BCUT2D eigenvalue weighted by Crippen LogP contribution is 2.15. The Morgan fingerprint density at radius 1 is 0.290 bits per heavy atom. The summed E-state index contributed by atoms with van der Waals surface area (Å²) in [4.78, 5) is 56.6. The van der Waals surface area contributed by atoms with E-state index in [9.17, 15) is 19.2 Å². The van der Waals surface area contributed by atoms with Crippen molar-refractivity contribution in [2.45, 2.75) is 297 Å². The van der Waals surface area contributed by atoms with Crippen molar-refractivity contribution < 1.29 is 38.1 Å². The molecule has 0 saturated heterocycles. The van der Waals surface area contributed by atoms with Gasteiger partial charge in [0.05, 0.1) is 52.6 Å². The fraction of sp³-hybridized carbons (Fsp3) is 0.932. The number of carbonyl (C=O) groups excluding carboxylic acids is 4. The molecule has 0 aliphatic carbocycles. The van der Waals surface area contributed by atoms with E-state index in [-0.39, 0.29) is 50.7 Å². The average Bonchev–Trinajstić information content (AvgIpc) is 3.33. The second-order valence-electron chi connectivity index (χ2n) is 20.5. The van der Waals surface area contributed by atoms with Gasteiger partial charge in [-0.3, -0.25) is 29.0 Å². The third-order valence-corrected chi connectivity index (χ3v) is 13.6. The van der Waals surface area contributed by atoms with Crippen LogP contribution in [-0.2, 0) is 38.1 Å². The molecule has 0 bridgehead atoms. The van der Waals surface area contributed by atoms with Gasteiger partial charge in [0.25, 0.3) is 0 Å². The molecule has 0 aromatic heterocycles. The molecule has 0 heterocycles. The van der Waals surface area contributed by atoms with Gasteiger partial charge in [0, 0.05) is 12.6 Å². The number of rotatable bonds is 55. The van der Waals surface area contributed by atoms with Crippen LogP contribution in [0.4, 0.5) is 0 Å². The number of esters is 4. The Balaban J connectivity index is 5.41. The van der Waals surface area contributed by atoms with E-state index in [1.165, 1.54) is 180 Å². The Bertz CT molecular complexity index is 1060. The van der Waals surface area contributed by atoms with E-state index >= 15 is 0 Å². The second kappa shape index (κ2) is 53.6. The van der Waals surface area contributed by atoms with Crippen molar-refractivity contribution in [1.29, 1.82) is 0 Å². The summed E-state index contributed by atoms with van der Waals surface area (Å²) in [5.41, 5.74) is 0. The van der Waals surface area contributed by atoms with E-state index in [0.717, 1.165) is 77.0 Å². The van der Waals surface area contributed by atoms with Crippen LogP contribution >= 0.6 is 0 Å². The van der Waals surface area contributed by atoms with E-state index in [1.54, 1.807) is 9.80 Å². The summed E-state index contributed by atoms with van der Waals surface area (Å²) < 4.78 is 22.8. The number of unbranched alkanes of at least 4 members (excludes halogenated alkanes) is 36. The van der Waals surface area contributed by atoms with Crippen molar-refractivity contribution in [3.05, 3.63) is 0 Å². The molecule has 10 heteroatoms. The number of ether oxygens (including phenoxy) is 4. The molecule has 0 aromatic rings. The summed E-state index contributed by atoms with van der Waals surface area (Å²) in [6, 6.07) is -0.385. The third-order valence-electron chi connectivity index (χ3n) is 13.6. The Morgan fingerprint density at radius 3 is 0.696 bits per heavy atom. The number of hydrogen-bond acceptors (Lipinski definition) is 10. The number of carbonyl (C=O) groups is 4. The van der Waals surface area contributed by atoms with Crippen LogP contribution in [0.2, 0.25) is 0 Å². The molecule has 10 nitrogen and oxygen atoms in total. The average molecular weight is 980 g/mol. The predicted octanol–water partition coefficient (Wildman–Crippen LogP) is 15.8. The Kier molecular flexibility index (Phi) is 51.9. The molecule has 0 fully saturated rings. The second-order valence-corrected chi connectivity index (χ2v) is 20.5. The maximum Gasteiger partial charge on any atom is 0.320 e. The largest absolute Gasteiger partial charge is 0.465 e. The standard InChI is InChI=1S/C59H114N2O8/c1-6-10-14-18-22-26-30-34-38-42-46-66-56(62)51-60(52-57(63)67-47-43-39-35-31-27-23-19-15-11-7-2)50-55(5)61(53-58(64)68-48-44-40-36-32-28-24-20-16-12-8-3)54-59(65)69-49-45-41-37-33-29-25-21-17-13-9-4/h55H,6-54H2,1-5H3. The van der Waals surface area contributed by atoms with Crippen molar-refractivity contribution in [2.24, 2.45) is 0 Å². The molecule has 69 heavy (non-hydrogen) atoms. The first-order valence-electron chi connectivity index (χ1n) is 29.9. The molecule has 0 spiro atoms. The minimum atomic E-state index is -0.390. The van der Waals surface area contributed by atoms with Crippen molar-refractivity contribution in [1.82, 2.24) is 9.80 Å². The van der Waals surface area contributed by atoms with Crippen LogP contribution in [0, 0.1) is 0 Å². The summed E-state index contributed by atoms with van der Waals surface area (Å²) in [5, 5.41) is 0. The van der Waals surface area contributed by atoms with Crippen LogP contribution in [0.1, 0.15) is 291 Å². The van der Waals surface area contributed by atoms with Gasteiger partial charge in [-0.1, -0.05) is 259 Å². The van der Waals surface area contributed by atoms with Gasteiger partial charge in [0.1, 0.15) is 0 Å². The highest BCUT2D eigenvalue weighted by Gasteiger charge is 2.26. The first-order valence-corrected chi connectivity index (χ1v) is 29.9. The Morgan fingerprint density at radius 2 is 0.478 bits per heavy atom. The van der Waals surface area contributed by atoms with Gasteiger partial charge in [-0.15, -0.1) is 0 Å². The minimum absolute atomic E-state index is 0.0876. The smallest absolute Gasteiger partial charge is 0.320 e. The van der Waals surface area contributed by atoms with Gasteiger partial charge in [-0.2, -0.15) is 0 Å². The summed E-state index contributed by atoms with van der Waals surface area (Å²) in [5.74, 6) is -1.56. The van der Waals surface area contributed by atoms with Gasteiger partial charge >= 0.3 is 23.9 Å². The zero-order chi connectivity index (χ0) is 50.5. The lowest BCUT2D eigenvalue weighted by Gasteiger charge is -2.31. The summed E-state index contributed by atoms with van der Waals surface area (Å²) in [6.45, 7) is 12.2. The third kappa shape index (κ3) is 49.2. The lowest BCUT2D eigenvalue weighted by molar-refractivity contribution is -0.153. The van der Waals surface area contributed by atoms with Gasteiger partial charge in [-0.25, -0.2) is 0 Å². The topological polar surface area (TPSA) is 112 Å². The zero-order valence-corrected chi connectivity index (χ0v) is 46.4. The fourth-order valence-electron chi connectivity index (χ4n) is 9.02. The van der Waals surface area contributed by atoms with Crippen molar-refractivity contribution in [3.8, 4) is 0 Å². The molecule has 0 N–H and O–H groups in total. The molecular weight excluding hydrogens is 865 g/mol. The molecule has 0 rings (SSSR count). The van der Waals surface area contributed by atoms with Crippen LogP contribution in [0.5, 0.6) is 0 Å². The lowest BCUT2D eigenvalue weighted by Crippen LogP contribution is -2.49. The van der Waals surface area contributed by atoms with Crippen LogP contribution in [0.15, 0.2) is 0 Å². The minimum Gasteiger partial charge on any atom is -0.465 e. The fourth-order valence-corrected chi connectivity index (χ4v) is 9.02. The maximum absolute atomic E-state index is 13.3. The molecule has 0 saturated carbocycles. The highest BCUT2D eigenvalue weighted by molar-refractivity contribution is 5.76. The van der Waals surface area contributed by atoms with Crippen LogP contribution < -0.4 is 0 Å². The maximum atomic E-state index is 13.3. The van der Waals surface area contributed by atoms with E-state index in [2.05, 4.69) is 27.7 Å². The van der Waals surface area contributed by atoms with Crippen LogP contribution in [0.25, 0.3) is 0 Å². The molecule has 0 radical (unpaired) electrons. The van der Waals surface area contributed by atoms with Crippen LogP contribution in [0.3, 0.4) is 0 Å². The molecular formula is C59H114N2O8. The molecule has 1 unspecified atom stereocenters. The first kappa shape index (κ1) is 66.8. The number of hydrogen-bond donors (Lipinski definition) is 0. The normalized spacial score (nSPS) is 11.9. The predicted molar refractivity (Wildman–Crippen MR) is 289 cm³/mol. The molecule has 0 aliphatic rings. The monoisotopic (exact) mass is 979 g/mol. The first-order chi connectivity index (χ1) is 33.8. The van der Waals surface area contributed by atoms with Gasteiger partial charge in [0.15, 0.2) is 0 Å². The van der Waals surface area contributed by atoms with Gasteiger partial charge < -0.3 is 18.9 Å². The summed E-state index contributed by atoms with van der Waals surface area (Å²) in [7, 11) is 0. The van der Waals surface area contributed by atoms with Crippen molar-refractivity contribution in [2.75, 3.05) is 59.2 Å². The number of nitrogens with zero attached hydrogens (tertiary/aromatic N) is 2. The summed E-state index contributed by atoms with van der Waals surface area (Å²) in [6.07, 6.45) is 47.9. The zero-order valence-electron chi connectivity index (χ0n) is 46.4. The molecule has 0 amide bonds. The highest BCUT2D eigenvalue weighted by atomic mass is 16.5. The SMILES string of the molecule is CCCCCCCCCCCCOC(=O)CN(CC(=O)OCCCCCCCCCCCC)CC(C)N(CC(=O)OCCCCCCCCCCCC)CC(=O)OCCCCCCCCCCCC. The lowest BCUT2D eigenvalue weighted by atomic mass is 10.1. The van der Waals surface area contributed by atoms with Crippen LogP contribution in [-0.4, -0.2) is 98.9 Å². The van der Waals surface area contributed by atoms with Gasteiger partial charge in [-0.05, 0) is 32.6 Å². The van der Waals surface area contributed by atoms with Crippen molar-refractivity contribution in [3.63, 3.8) is 0 Å². The quantitative estimate of drug-likeness (QED) is 0.0332. The van der Waals surface area contributed by atoms with E-state index in [4.69, 9.17) is 18.9 Å². The van der Waals surface area contributed by atoms with Gasteiger partial charge in [0.2, 0.25) is 0 Å². The Labute approximate surface area is 427 Å². The molecule has 408 valence electrons. The molecule has 1 atom stereocenters. The molecule has 0 aromatic carbocycles. The van der Waals surface area contributed by atoms with Crippen molar-refractivity contribution >= 4 is 23.9 Å². The van der Waals surface area contributed by atoms with E-state index in [1.807, 2.05) is 6.92 Å². The Hall–Kier alpha value is -2.20. The van der Waals surface area contributed by atoms with E-state index < -0.39 is 11.9 Å². The van der Waals surface area contributed by atoms with E-state index in [0.29, 0.717) is 26.4 Å².